The SMILES string of the molecule is O=C(Nc1cc(Cl)ccc1O)[C@@H]1C[C@@H]1c1ccco1. The smallest absolute Gasteiger partial charge is 0.228 e. The summed E-state index contributed by atoms with van der Waals surface area (Å²) in [5.74, 6) is 0.739. The van der Waals surface area contributed by atoms with Gasteiger partial charge in [-0.05, 0) is 36.8 Å². The number of phenolic OH excluding ortho intramolecular Hbond substituents is 1. The van der Waals surface area contributed by atoms with Crippen LogP contribution in [0.5, 0.6) is 5.75 Å². The molecule has 0 spiro atoms. The molecular weight excluding hydrogens is 266 g/mol. The lowest BCUT2D eigenvalue weighted by atomic mass is 10.2. The van der Waals surface area contributed by atoms with Crippen molar-refractivity contribution in [2.24, 2.45) is 5.92 Å². The summed E-state index contributed by atoms with van der Waals surface area (Å²) < 4.78 is 5.28. The average molecular weight is 278 g/mol. The van der Waals surface area contributed by atoms with Crippen LogP contribution in [0.25, 0.3) is 0 Å². The van der Waals surface area contributed by atoms with Gasteiger partial charge in [-0.2, -0.15) is 0 Å². The highest BCUT2D eigenvalue weighted by Crippen LogP contribution is 2.48. The summed E-state index contributed by atoms with van der Waals surface area (Å²) >= 11 is 5.83. The fourth-order valence-corrected chi connectivity index (χ4v) is 2.31. The molecule has 3 rings (SSSR count). The molecule has 1 aromatic heterocycles. The van der Waals surface area contributed by atoms with Crippen molar-refractivity contribution in [3.05, 3.63) is 47.4 Å². The fraction of sp³-hybridized carbons (Fsp3) is 0.214. The zero-order valence-corrected chi connectivity index (χ0v) is 10.7. The summed E-state index contributed by atoms with van der Waals surface area (Å²) in [6, 6.07) is 8.23. The van der Waals surface area contributed by atoms with Gasteiger partial charge in [0.05, 0.1) is 12.0 Å². The lowest BCUT2D eigenvalue weighted by molar-refractivity contribution is -0.117. The summed E-state index contributed by atoms with van der Waals surface area (Å²) in [6.45, 7) is 0. The molecule has 0 aliphatic heterocycles. The van der Waals surface area contributed by atoms with Crippen molar-refractivity contribution in [3.63, 3.8) is 0 Å². The maximum Gasteiger partial charge on any atom is 0.228 e. The summed E-state index contributed by atoms with van der Waals surface area (Å²) in [5, 5.41) is 12.8. The lowest BCUT2D eigenvalue weighted by Crippen LogP contribution is -2.14. The molecule has 1 aliphatic carbocycles. The third-order valence-electron chi connectivity index (χ3n) is 3.25. The Morgan fingerprint density at radius 2 is 2.26 bits per heavy atom. The van der Waals surface area contributed by atoms with Gasteiger partial charge in [0.25, 0.3) is 0 Å². The molecule has 0 radical (unpaired) electrons. The van der Waals surface area contributed by atoms with E-state index in [1.807, 2.05) is 12.1 Å². The van der Waals surface area contributed by atoms with Crippen LogP contribution in [0, 0.1) is 5.92 Å². The Bertz CT molecular complexity index is 609. The van der Waals surface area contributed by atoms with Gasteiger partial charge in [-0.1, -0.05) is 11.6 Å². The second-order valence-corrected chi connectivity index (χ2v) is 5.05. The molecule has 1 aromatic carbocycles. The second-order valence-electron chi connectivity index (χ2n) is 4.61. The third kappa shape index (κ3) is 2.44. The maximum absolute atomic E-state index is 12.0. The minimum absolute atomic E-state index is 0.00736. The van der Waals surface area contributed by atoms with E-state index >= 15 is 0 Å². The van der Waals surface area contributed by atoms with Crippen LogP contribution >= 0.6 is 11.6 Å². The van der Waals surface area contributed by atoms with Gasteiger partial charge < -0.3 is 14.8 Å². The molecule has 98 valence electrons. The van der Waals surface area contributed by atoms with E-state index in [2.05, 4.69) is 5.32 Å². The molecule has 5 heteroatoms. The molecule has 4 nitrogen and oxygen atoms in total. The molecule has 19 heavy (non-hydrogen) atoms. The van der Waals surface area contributed by atoms with E-state index in [9.17, 15) is 9.90 Å². The van der Waals surface area contributed by atoms with Crippen molar-refractivity contribution in [1.29, 1.82) is 0 Å². The number of aromatic hydroxyl groups is 1. The second kappa shape index (κ2) is 4.63. The number of benzene rings is 1. The van der Waals surface area contributed by atoms with Crippen molar-refractivity contribution in [1.82, 2.24) is 0 Å². The number of hydrogen-bond donors (Lipinski definition) is 2. The van der Waals surface area contributed by atoms with Crippen LogP contribution in [0.4, 0.5) is 5.69 Å². The standard InChI is InChI=1S/C14H12ClNO3/c15-8-3-4-12(17)11(6-8)16-14(18)10-7-9(10)13-2-1-5-19-13/h1-6,9-10,17H,7H2,(H,16,18)/t9-,10+/m0/s1. The number of hydrogen-bond acceptors (Lipinski definition) is 3. The molecule has 2 N–H and O–H groups in total. The van der Waals surface area contributed by atoms with Gasteiger partial charge in [0, 0.05) is 16.9 Å². The van der Waals surface area contributed by atoms with E-state index in [4.69, 9.17) is 16.0 Å². The first-order chi connectivity index (χ1) is 9.15. The van der Waals surface area contributed by atoms with E-state index in [1.165, 1.54) is 12.1 Å². The zero-order chi connectivity index (χ0) is 13.4. The fourth-order valence-electron chi connectivity index (χ4n) is 2.14. The van der Waals surface area contributed by atoms with Crippen LogP contribution in [0.2, 0.25) is 5.02 Å². The Balaban J connectivity index is 1.68. The van der Waals surface area contributed by atoms with Crippen molar-refractivity contribution in [2.45, 2.75) is 12.3 Å². The highest BCUT2D eigenvalue weighted by Gasteiger charge is 2.45. The van der Waals surface area contributed by atoms with Crippen LogP contribution in [-0.2, 0) is 4.79 Å². The van der Waals surface area contributed by atoms with E-state index in [-0.39, 0.29) is 23.5 Å². The summed E-state index contributed by atoms with van der Waals surface area (Å²) in [7, 11) is 0. The third-order valence-corrected chi connectivity index (χ3v) is 3.49. The molecular formula is C14H12ClNO3. The summed E-state index contributed by atoms with van der Waals surface area (Å²) in [4.78, 5) is 12.0. The number of nitrogens with one attached hydrogen (secondary N) is 1. The van der Waals surface area contributed by atoms with Crippen molar-refractivity contribution >= 4 is 23.2 Å². The van der Waals surface area contributed by atoms with Crippen molar-refractivity contribution in [3.8, 4) is 5.75 Å². The Hall–Kier alpha value is -1.94. The number of anilines is 1. The van der Waals surface area contributed by atoms with Gasteiger partial charge in [-0.3, -0.25) is 4.79 Å². The first-order valence-corrected chi connectivity index (χ1v) is 6.36. The van der Waals surface area contributed by atoms with Gasteiger partial charge in [0.1, 0.15) is 11.5 Å². The first kappa shape index (κ1) is 12.1. The van der Waals surface area contributed by atoms with Crippen LogP contribution in [0.15, 0.2) is 41.0 Å². The quantitative estimate of drug-likeness (QED) is 0.846. The number of carbonyl (C=O) groups is 1. The Labute approximate surface area is 115 Å². The van der Waals surface area contributed by atoms with Gasteiger partial charge in [-0.15, -0.1) is 0 Å². The Morgan fingerprint density at radius 1 is 1.42 bits per heavy atom. The number of phenols is 1. The Kier molecular flexibility index (Phi) is 2.95. The number of furan rings is 1. The maximum atomic E-state index is 12.0. The van der Waals surface area contributed by atoms with Crippen LogP contribution in [0.1, 0.15) is 18.1 Å². The van der Waals surface area contributed by atoms with Crippen LogP contribution in [-0.4, -0.2) is 11.0 Å². The molecule has 1 aliphatic rings. The predicted octanol–water partition coefficient (Wildman–Crippen LogP) is 3.38. The minimum Gasteiger partial charge on any atom is -0.506 e. The van der Waals surface area contributed by atoms with Gasteiger partial charge in [0.2, 0.25) is 5.91 Å². The number of amides is 1. The van der Waals surface area contributed by atoms with Gasteiger partial charge in [0.15, 0.2) is 0 Å². The highest BCUT2D eigenvalue weighted by atomic mass is 35.5. The van der Waals surface area contributed by atoms with E-state index in [1.54, 1.807) is 12.3 Å². The van der Waals surface area contributed by atoms with E-state index in [0.717, 1.165) is 12.2 Å². The van der Waals surface area contributed by atoms with Crippen molar-refractivity contribution < 1.29 is 14.3 Å². The monoisotopic (exact) mass is 277 g/mol. The van der Waals surface area contributed by atoms with E-state index in [0.29, 0.717) is 10.7 Å². The zero-order valence-electron chi connectivity index (χ0n) is 9.97. The highest BCUT2D eigenvalue weighted by molar-refractivity contribution is 6.31. The lowest BCUT2D eigenvalue weighted by Gasteiger charge is -2.07. The Morgan fingerprint density at radius 3 is 3.00 bits per heavy atom. The molecule has 1 fully saturated rings. The van der Waals surface area contributed by atoms with Gasteiger partial charge in [-0.25, -0.2) is 0 Å². The van der Waals surface area contributed by atoms with E-state index < -0.39 is 0 Å². The summed E-state index contributed by atoms with van der Waals surface area (Å²) in [6.07, 6.45) is 2.37. The molecule has 0 saturated heterocycles. The molecule has 1 amide bonds. The molecule has 0 unspecified atom stereocenters. The normalized spacial score (nSPS) is 21.1. The number of rotatable bonds is 3. The average Bonchev–Trinajstić information content (AvgIpc) is 3.00. The molecule has 1 saturated carbocycles. The topological polar surface area (TPSA) is 62.5 Å². The van der Waals surface area contributed by atoms with Crippen molar-refractivity contribution in [2.75, 3.05) is 5.32 Å². The largest absolute Gasteiger partial charge is 0.506 e. The molecule has 2 aromatic rings. The molecule has 2 atom stereocenters. The molecule has 1 heterocycles. The number of carbonyl (C=O) groups excluding carboxylic acids is 1. The molecule has 0 bridgehead atoms. The van der Waals surface area contributed by atoms with Gasteiger partial charge >= 0.3 is 0 Å². The van der Waals surface area contributed by atoms with Crippen LogP contribution in [0.3, 0.4) is 0 Å². The van der Waals surface area contributed by atoms with Crippen LogP contribution < -0.4 is 5.32 Å². The minimum atomic E-state index is -0.126. The predicted molar refractivity (Wildman–Crippen MR) is 71.3 cm³/mol. The first-order valence-electron chi connectivity index (χ1n) is 5.98. The number of halogens is 1. The summed E-state index contributed by atoms with van der Waals surface area (Å²) in [5.41, 5.74) is 0.336.